The van der Waals surface area contributed by atoms with Gasteiger partial charge in [-0.2, -0.15) is 9.78 Å². The summed E-state index contributed by atoms with van der Waals surface area (Å²) in [6, 6.07) is 0. The van der Waals surface area contributed by atoms with Crippen molar-refractivity contribution < 1.29 is 19.1 Å². The number of esters is 1. The third-order valence-corrected chi connectivity index (χ3v) is 2.41. The molecule has 21 heavy (non-hydrogen) atoms. The van der Waals surface area contributed by atoms with Gasteiger partial charge in [0, 0.05) is 0 Å². The number of aromatic amines is 1. The van der Waals surface area contributed by atoms with Crippen molar-refractivity contribution in [3.63, 3.8) is 0 Å². The van der Waals surface area contributed by atoms with Crippen LogP contribution < -0.4 is 5.56 Å². The van der Waals surface area contributed by atoms with E-state index >= 15 is 0 Å². The van der Waals surface area contributed by atoms with Crippen molar-refractivity contribution in [2.75, 3.05) is 7.11 Å². The SMILES string of the molecule is COC(=O)c1nn(C(=O)OC(C)(C)C)c2c(=O)[nH]cnc12. The van der Waals surface area contributed by atoms with Crippen LogP contribution in [0, 0.1) is 0 Å². The maximum Gasteiger partial charge on any atom is 0.436 e. The van der Waals surface area contributed by atoms with E-state index in [0.29, 0.717) is 4.68 Å². The van der Waals surface area contributed by atoms with Crippen molar-refractivity contribution >= 4 is 23.1 Å². The molecule has 0 fully saturated rings. The minimum absolute atomic E-state index is 0.0311. The Morgan fingerprint density at radius 3 is 2.57 bits per heavy atom. The number of rotatable bonds is 1. The monoisotopic (exact) mass is 294 g/mol. The van der Waals surface area contributed by atoms with Crippen molar-refractivity contribution in [2.24, 2.45) is 0 Å². The van der Waals surface area contributed by atoms with Gasteiger partial charge in [-0.05, 0) is 20.8 Å². The number of hydrogen-bond acceptors (Lipinski definition) is 7. The molecule has 0 saturated heterocycles. The van der Waals surface area contributed by atoms with E-state index in [4.69, 9.17) is 4.74 Å². The largest absolute Gasteiger partial charge is 0.464 e. The smallest absolute Gasteiger partial charge is 0.436 e. The van der Waals surface area contributed by atoms with Crippen molar-refractivity contribution in [1.82, 2.24) is 19.7 Å². The molecule has 0 aromatic carbocycles. The molecule has 1 N–H and O–H groups in total. The summed E-state index contributed by atoms with van der Waals surface area (Å²) >= 11 is 0. The molecule has 0 radical (unpaired) electrons. The topological polar surface area (TPSA) is 116 Å². The molecule has 0 aliphatic rings. The first-order valence-electron chi connectivity index (χ1n) is 6.02. The standard InChI is InChI=1S/C12H14N4O5/c1-12(2,3)21-11(19)16-8-6(13-5-14-9(8)17)7(15-16)10(18)20-4/h5H,1-4H3,(H,13,14,17). The normalized spacial score (nSPS) is 11.4. The molecule has 0 spiro atoms. The van der Waals surface area contributed by atoms with Crippen LogP contribution in [0.25, 0.3) is 11.0 Å². The van der Waals surface area contributed by atoms with Crippen LogP contribution in [0.1, 0.15) is 31.3 Å². The minimum Gasteiger partial charge on any atom is -0.464 e. The summed E-state index contributed by atoms with van der Waals surface area (Å²) in [5.41, 5.74) is -1.84. The Bertz CT molecular complexity index is 768. The third kappa shape index (κ3) is 2.76. The average Bonchev–Trinajstić information content (AvgIpc) is 2.77. The van der Waals surface area contributed by atoms with Gasteiger partial charge in [-0.25, -0.2) is 14.6 Å². The quantitative estimate of drug-likeness (QED) is 0.769. The first-order valence-corrected chi connectivity index (χ1v) is 6.02. The molecule has 9 heteroatoms. The lowest BCUT2D eigenvalue weighted by molar-refractivity contribution is 0.0518. The molecular weight excluding hydrogens is 280 g/mol. The van der Waals surface area contributed by atoms with Gasteiger partial charge in [0.1, 0.15) is 11.1 Å². The Kier molecular flexibility index (Phi) is 3.50. The zero-order valence-electron chi connectivity index (χ0n) is 12.0. The number of hydrogen-bond donors (Lipinski definition) is 1. The van der Waals surface area contributed by atoms with Crippen molar-refractivity contribution in [3.8, 4) is 0 Å². The Labute approximate surface area is 118 Å². The highest BCUT2D eigenvalue weighted by Crippen LogP contribution is 2.15. The minimum atomic E-state index is -0.888. The van der Waals surface area contributed by atoms with Gasteiger partial charge in [0.2, 0.25) is 0 Å². The lowest BCUT2D eigenvalue weighted by Crippen LogP contribution is -2.29. The summed E-state index contributed by atoms with van der Waals surface area (Å²) in [5, 5.41) is 3.79. The van der Waals surface area contributed by atoms with Gasteiger partial charge in [-0.3, -0.25) is 4.79 Å². The fourth-order valence-corrected chi connectivity index (χ4v) is 1.63. The second-order valence-corrected chi connectivity index (χ2v) is 5.16. The van der Waals surface area contributed by atoms with E-state index in [9.17, 15) is 14.4 Å². The van der Waals surface area contributed by atoms with E-state index in [0.717, 1.165) is 13.4 Å². The number of nitrogens with one attached hydrogen (secondary N) is 1. The van der Waals surface area contributed by atoms with Gasteiger partial charge in [-0.1, -0.05) is 0 Å². The molecule has 0 aliphatic carbocycles. The molecule has 2 rings (SSSR count). The lowest BCUT2D eigenvalue weighted by Gasteiger charge is -2.18. The highest BCUT2D eigenvalue weighted by Gasteiger charge is 2.27. The Balaban J connectivity index is 2.67. The highest BCUT2D eigenvalue weighted by molar-refractivity contribution is 6.01. The van der Waals surface area contributed by atoms with Crippen LogP contribution >= 0.6 is 0 Å². The zero-order valence-corrected chi connectivity index (χ0v) is 12.0. The van der Waals surface area contributed by atoms with Crippen LogP contribution in [0.4, 0.5) is 4.79 Å². The van der Waals surface area contributed by atoms with E-state index in [1.165, 1.54) is 0 Å². The van der Waals surface area contributed by atoms with E-state index in [2.05, 4.69) is 19.8 Å². The van der Waals surface area contributed by atoms with Gasteiger partial charge < -0.3 is 14.5 Å². The maximum absolute atomic E-state index is 12.1. The highest BCUT2D eigenvalue weighted by atomic mass is 16.6. The summed E-state index contributed by atoms with van der Waals surface area (Å²) in [6.45, 7) is 5.00. The van der Waals surface area contributed by atoms with Crippen molar-refractivity contribution in [2.45, 2.75) is 26.4 Å². The van der Waals surface area contributed by atoms with Gasteiger partial charge in [0.05, 0.1) is 13.4 Å². The fraction of sp³-hybridized carbons (Fsp3) is 0.417. The van der Waals surface area contributed by atoms with Crippen LogP contribution in [-0.4, -0.2) is 44.5 Å². The molecule has 0 saturated carbocycles. The molecule has 0 bridgehead atoms. The second-order valence-electron chi connectivity index (χ2n) is 5.16. The number of carbonyl (C=O) groups excluding carboxylic acids is 2. The van der Waals surface area contributed by atoms with Crippen LogP contribution in [-0.2, 0) is 9.47 Å². The molecule has 9 nitrogen and oxygen atoms in total. The van der Waals surface area contributed by atoms with Gasteiger partial charge >= 0.3 is 12.1 Å². The molecule has 2 heterocycles. The number of fused-ring (bicyclic) bond motifs is 1. The van der Waals surface area contributed by atoms with Gasteiger partial charge in [0.25, 0.3) is 5.56 Å². The maximum atomic E-state index is 12.1. The summed E-state index contributed by atoms with van der Waals surface area (Å²) in [4.78, 5) is 41.8. The summed E-state index contributed by atoms with van der Waals surface area (Å²) in [5.74, 6) is -0.805. The van der Waals surface area contributed by atoms with E-state index < -0.39 is 23.2 Å². The van der Waals surface area contributed by atoms with Crippen LogP contribution in [0.3, 0.4) is 0 Å². The number of nitrogens with zero attached hydrogens (tertiary/aromatic N) is 3. The van der Waals surface area contributed by atoms with Crippen LogP contribution in [0.15, 0.2) is 11.1 Å². The Morgan fingerprint density at radius 2 is 2.00 bits per heavy atom. The molecular formula is C12H14N4O5. The zero-order chi connectivity index (χ0) is 15.8. The lowest BCUT2D eigenvalue weighted by atomic mass is 10.2. The molecule has 0 amide bonds. The summed E-state index contributed by atoms with van der Waals surface area (Å²) < 4.78 is 10.4. The van der Waals surface area contributed by atoms with Gasteiger partial charge in [-0.15, -0.1) is 0 Å². The molecule has 2 aromatic heterocycles. The predicted octanol–water partition coefficient (Wildman–Crippen LogP) is 0.689. The first kappa shape index (κ1) is 14.7. The van der Waals surface area contributed by atoms with Crippen molar-refractivity contribution in [1.29, 1.82) is 0 Å². The fourth-order valence-electron chi connectivity index (χ4n) is 1.63. The van der Waals surface area contributed by atoms with Crippen molar-refractivity contribution in [3.05, 3.63) is 22.4 Å². The summed E-state index contributed by atoms with van der Waals surface area (Å²) in [6.07, 6.45) is 0.222. The number of aromatic nitrogens is 4. The molecule has 112 valence electrons. The van der Waals surface area contributed by atoms with Gasteiger partial charge in [0.15, 0.2) is 11.2 Å². The number of ether oxygens (including phenoxy) is 2. The number of H-pyrrole nitrogens is 1. The van der Waals surface area contributed by atoms with Crippen LogP contribution in [0.5, 0.6) is 0 Å². The predicted molar refractivity (Wildman–Crippen MR) is 71.1 cm³/mol. The second kappa shape index (κ2) is 5.00. The number of methoxy groups -OCH3 is 1. The van der Waals surface area contributed by atoms with E-state index in [-0.39, 0.29) is 16.7 Å². The molecule has 0 unspecified atom stereocenters. The molecule has 0 aliphatic heterocycles. The van der Waals surface area contributed by atoms with E-state index in [1.807, 2.05) is 0 Å². The Hall–Kier alpha value is -2.71. The van der Waals surface area contributed by atoms with Crippen LogP contribution in [0.2, 0.25) is 0 Å². The Morgan fingerprint density at radius 1 is 1.33 bits per heavy atom. The molecule has 0 atom stereocenters. The average molecular weight is 294 g/mol. The summed E-state index contributed by atoms with van der Waals surface area (Å²) in [7, 11) is 1.16. The molecule has 2 aromatic rings. The third-order valence-electron chi connectivity index (χ3n) is 2.41. The van der Waals surface area contributed by atoms with E-state index in [1.54, 1.807) is 20.8 Å². The number of carbonyl (C=O) groups is 2. The first-order chi connectivity index (χ1) is 9.74.